The molecule has 0 saturated carbocycles. The molecule has 0 fully saturated rings. The highest BCUT2D eigenvalue weighted by atomic mass is 35.5. The third-order valence-corrected chi connectivity index (χ3v) is 3.36. The summed E-state index contributed by atoms with van der Waals surface area (Å²) in [5, 5.41) is 2.63. The van der Waals surface area contributed by atoms with Crippen LogP contribution >= 0.6 is 23.2 Å². The highest BCUT2D eigenvalue weighted by Gasteiger charge is 2.17. The van der Waals surface area contributed by atoms with E-state index in [1.54, 1.807) is 0 Å². The maximum atomic E-state index is 12.9. The van der Waals surface area contributed by atoms with Crippen molar-refractivity contribution in [3.63, 3.8) is 0 Å². The fraction of sp³-hybridized carbons (Fsp3) is 0.133. The van der Waals surface area contributed by atoms with E-state index >= 15 is 0 Å². The van der Waals surface area contributed by atoms with E-state index in [1.165, 1.54) is 31.2 Å². The Morgan fingerprint density at radius 3 is 2.27 bits per heavy atom. The molecule has 0 aliphatic heterocycles. The number of anilines is 1. The molecule has 2 aromatic carbocycles. The highest BCUT2D eigenvalue weighted by molar-refractivity contribution is 6.33. The minimum Gasteiger partial charge on any atom is -0.479 e. The molecule has 2 rings (SSSR count). The van der Waals surface area contributed by atoms with Gasteiger partial charge in [-0.05, 0) is 43.3 Å². The number of carbonyl (C=O) groups is 1. The summed E-state index contributed by atoms with van der Waals surface area (Å²) < 4.78 is 31.3. The Labute approximate surface area is 135 Å². The number of benzene rings is 2. The third-order valence-electron chi connectivity index (χ3n) is 2.76. The van der Waals surface area contributed by atoms with Crippen molar-refractivity contribution in [3.8, 4) is 5.75 Å². The molecule has 7 heteroatoms. The first kappa shape index (κ1) is 16.5. The maximum Gasteiger partial charge on any atom is 0.265 e. The molecule has 22 heavy (non-hydrogen) atoms. The van der Waals surface area contributed by atoms with Gasteiger partial charge in [0.2, 0.25) is 0 Å². The predicted octanol–water partition coefficient (Wildman–Crippen LogP) is 4.68. The Morgan fingerprint density at radius 2 is 1.68 bits per heavy atom. The van der Waals surface area contributed by atoms with Gasteiger partial charge < -0.3 is 10.1 Å². The first-order valence-corrected chi connectivity index (χ1v) is 7.00. The first-order chi connectivity index (χ1) is 10.4. The molecular formula is C15H11Cl2F2NO2. The molecule has 0 bridgehead atoms. The zero-order chi connectivity index (χ0) is 16.3. The number of rotatable bonds is 4. The summed E-state index contributed by atoms with van der Waals surface area (Å²) in [7, 11) is 0. The van der Waals surface area contributed by atoms with Crippen molar-refractivity contribution in [1.82, 2.24) is 0 Å². The van der Waals surface area contributed by atoms with E-state index < -0.39 is 23.6 Å². The molecule has 0 aromatic heterocycles. The molecule has 2 aromatic rings. The molecule has 116 valence electrons. The second kappa shape index (κ2) is 6.94. The van der Waals surface area contributed by atoms with Crippen LogP contribution in [0.1, 0.15) is 6.92 Å². The van der Waals surface area contributed by atoms with Gasteiger partial charge in [0.15, 0.2) is 6.10 Å². The van der Waals surface area contributed by atoms with E-state index in [2.05, 4.69) is 5.32 Å². The van der Waals surface area contributed by atoms with Crippen LogP contribution in [0.25, 0.3) is 0 Å². The molecule has 0 unspecified atom stereocenters. The van der Waals surface area contributed by atoms with E-state index in [9.17, 15) is 13.6 Å². The molecule has 1 N–H and O–H groups in total. The molecule has 0 aliphatic carbocycles. The average molecular weight is 346 g/mol. The van der Waals surface area contributed by atoms with Crippen LogP contribution in [0.3, 0.4) is 0 Å². The van der Waals surface area contributed by atoms with Gasteiger partial charge in [-0.15, -0.1) is 0 Å². The molecular weight excluding hydrogens is 335 g/mol. The fourth-order valence-corrected chi connectivity index (χ4v) is 2.07. The van der Waals surface area contributed by atoms with Crippen LogP contribution in [-0.2, 0) is 4.79 Å². The van der Waals surface area contributed by atoms with Crippen molar-refractivity contribution < 1.29 is 18.3 Å². The lowest BCUT2D eigenvalue weighted by Crippen LogP contribution is -2.30. The van der Waals surface area contributed by atoms with Crippen LogP contribution in [0.15, 0.2) is 36.4 Å². The van der Waals surface area contributed by atoms with Crippen LogP contribution in [0.2, 0.25) is 10.0 Å². The van der Waals surface area contributed by atoms with Crippen LogP contribution in [-0.4, -0.2) is 12.0 Å². The minimum absolute atomic E-state index is 0.0551. The molecule has 1 atom stereocenters. The summed E-state index contributed by atoms with van der Waals surface area (Å²) in [6.07, 6.45) is -0.913. The van der Waals surface area contributed by atoms with Crippen molar-refractivity contribution in [3.05, 3.63) is 58.1 Å². The summed E-state index contributed by atoms with van der Waals surface area (Å²) in [5.41, 5.74) is 0.258. The van der Waals surface area contributed by atoms with Gasteiger partial charge in [-0.3, -0.25) is 4.79 Å². The molecule has 0 saturated heterocycles. The van der Waals surface area contributed by atoms with Crippen molar-refractivity contribution >= 4 is 34.8 Å². The number of hydrogen-bond acceptors (Lipinski definition) is 2. The van der Waals surface area contributed by atoms with E-state index in [1.807, 2.05) is 0 Å². The molecule has 3 nitrogen and oxygen atoms in total. The summed E-state index contributed by atoms with van der Waals surface area (Å²) in [5.74, 6) is -1.34. The Hall–Kier alpha value is -1.85. The second-order valence-corrected chi connectivity index (χ2v) is 5.26. The Bertz CT molecular complexity index is 710. The Kier molecular flexibility index (Phi) is 5.21. The number of amides is 1. The van der Waals surface area contributed by atoms with Gasteiger partial charge in [-0.25, -0.2) is 8.78 Å². The lowest BCUT2D eigenvalue weighted by molar-refractivity contribution is -0.122. The third kappa shape index (κ3) is 4.08. The summed E-state index contributed by atoms with van der Waals surface area (Å²) in [4.78, 5) is 12.0. The lowest BCUT2D eigenvalue weighted by atomic mass is 10.2. The van der Waals surface area contributed by atoms with E-state index in [0.717, 1.165) is 12.1 Å². The normalized spacial score (nSPS) is 11.9. The van der Waals surface area contributed by atoms with E-state index in [4.69, 9.17) is 27.9 Å². The number of halogens is 4. The topological polar surface area (TPSA) is 38.3 Å². The van der Waals surface area contributed by atoms with Gasteiger partial charge in [0.1, 0.15) is 17.4 Å². The van der Waals surface area contributed by atoms with Gasteiger partial charge in [-0.2, -0.15) is 0 Å². The van der Waals surface area contributed by atoms with Crippen LogP contribution in [0, 0.1) is 11.6 Å². The first-order valence-electron chi connectivity index (χ1n) is 6.24. The number of carbonyl (C=O) groups excluding carboxylic acids is 1. The van der Waals surface area contributed by atoms with Crippen molar-refractivity contribution in [1.29, 1.82) is 0 Å². The van der Waals surface area contributed by atoms with Gasteiger partial charge in [0.05, 0.1) is 15.7 Å². The van der Waals surface area contributed by atoms with Crippen molar-refractivity contribution in [2.45, 2.75) is 13.0 Å². The highest BCUT2D eigenvalue weighted by Crippen LogP contribution is 2.27. The average Bonchev–Trinajstić information content (AvgIpc) is 2.44. The van der Waals surface area contributed by atoms with Crippen LogP contribution in [0.5, 0.6) is 5.75 Å². The minimum atomic E-state index is -0.913. The molecule has 1 amide bonds. The zero-order valence-electron chi connectivity index (χ0n) is 11.4. The quantitative estimate of drug-likeness (QED) is 0.873. The Balaban J connectivity index is 2.05. The molecule has 0 aliphatic rings. The number of nitrogens with one attached hydrogen (secondary N) is 1. The fourth-order valence-electron chi connectivity index (χ4n) is 1.64. The maximum absolute atomic E-state index is 12.9. The molecule has 0 heterocycles. The second-order valence-electron chi connectivity index (χ2n) is 4.45. The monoisotopic (exact) mass is 345 g/mol. The number of ether oxygens (including phenoxy) is 1. The largest absolute Gasteiger partial charge is 0.479 e. The van der Waals surface area contributed by atoms with Crippen LogP contribution < -0.4 is 10.1 Å². The van der Waals surface area contributed by atoms with Gasteiger partial charge in [-0.1, -0.05) is 23.2 Å². The van der Waals surface area contributed by atoms with Gasteiger partial charge in [0.25, 0.3) is 5.91 Å². The van der Waals surface area contributed by atoms with Crippen molar-refractivity contribution in [2.24, 2.45) is 0 Å². The summed E-state index contributed by atoms with van der Waals surface area (Å²) in [6, 6.07) is 7.17. The Morgan fingerprint density at radius 1 is 1.09 bits per heavy atom. The summed E-state index contributed by atoms with van der Waals surface area (Å²) in [6.45, 7) is 1.49. The van der Waals surface area contributed by atoms with Crippen molar-refractivity contribution in [2.75, 3.05) is 5.32 Å². The lowest BCUT2D eigenvalue weighted by Gasteiger charge is -2.16. The van der Waals surface area contributed by atoms with E-state index in [-0.39, 0.29) is 21.5 Å². The predicted molar refractivity (Wildman–Crippen MR) is 81.5 cm³/mol. The molecule has 0 spiro atoms. The molecule has 0 radical (unpaired) electrons. The van der Waals surface area contributed by atoms with Crippen LogP contribution in [0.4, 0.5) is 14.5 Å². The standard InChI is InChI=1S/C15H11Cl2F2NO2/c1-8(22-14-5-3-10(19)7-12(14)17)15(21)20-13-4-2-9(18)6-11(13)16/h2-8H,1H3,(H,20,21)/t8-/m1/s1. The SMILES string of the molecule is C[C@@H](Oc1ccc(F)cc1Cl)C(=O)Nc1ccc(F)cc1Cl. The van der Waals surface area contributed by atoms with Gasteiger partial charge >= 0.3 is 0 Å². The van der Waals surface area contributed by atoms with E-state index in [0.29, 0.717) is 0 Å². The summed E-state index contributed by atoms with van der Waals surface area (Å²) >= 11 is 11.6. The number of hydrogen-bond donors (Lipinski definition) is 1. The zero-order valence-corrected chi connectivity index (χ0v) is 12.9. The van der Waals surface area contributed by atoms with Gasteiger partial charge in [0, 0.05) is 0 Å². The smallest absolute Gasteiger partial charge is 0.265 e.